The number of hydrogen-bond acceptors (Lipinski definition) is 3. The molecule has 3 rings (SSSR count). The first kappa shape index (κ1) is 12.9. The number of rotatable bonds is 1. The average Bonchev–Trinajstić information content (AvgIpc) is 2.55. The van der Waals surface area contributed by atoms with Gasteiger partial charge in [0.1, 0.15) is 5.75 Å². The van der Waals surface area contributed by atoms with Crippen LogP contribution in [0.2, 0.25) is 0 Å². The molecule has 0 radical (unpaired) electrons. The highest BCUT2D eigenvalue weighted by molar-refractivity contribution is 5.44. The molecule has 3 atom stereocenters. The quantitative estimate of drug-likeness (QED) is 0.842. The number of hydrogen-bond donors (Lipinski definition) is 1. The second-order valence-corrected chi connectivity index (χ2v) is 6.44. The number of ether oxygens (including phenoxy) is 1. The van der Waals surface area contributed by atoms with E-state index in [4.69, 9.17) is 4.74 Å². The molecule has 1 aliphatic heterocycles. The van der Waals surface area contributed by atoms with Gasteiger partial charge in [0.2, 0.25) is 0 Å². The van der Waals surface area contributed by atoms with Crippen molar-refractivity contribution >= 4 is 0 Å². The van der Waals surface area contributed by atoms with Gasteiger partial charge in [-0.2, -0.15) is 0 Å². The summed E-state index contributed by atoms with van der Waals surface area (Å²) in [5, 5.41) is 10.6. The van der Waals surface area contributed by atoms with Gasteiger partial charge in [0.25, 0.3) is 0 Å². The lowest BCUT2D eigenvalue weighted by atomic mass is 9.65. The van der Waals surface area contributed by atoms with E-state index in [1.165, 1.54) is 5.56 Å². The summed E-state index contributed by atoms with van der Waals surface area (Å²) in [6.45, 7) is 4.42. The van der Waals surface area contributed by atoms with Crippen molar-refractivity contribution in [2.75, 3.05) is 27.2 Å². The Hall–Kier alpha value is -1.06. The number of methoxy groups -OCH3 is 1. The van der Waals surface area contributed by atoms with Crippen LogP contribution in [0.4, 0.5) is 0 Å². The Kier molecular flexibility index (Phi) is 3.06. The van der Waals surface area contributed by atoms with Gasteiger partial charge in [0.15, 0.2) is 0 Å². The zero-order valence-electron chi connectivity index (χ0n) is 12.0. The predicted octanol–water partition coefficient (Wildman–Crippen LogP) is 2.34. The molecule has 1 aliphatic carbocycles. The summed E-state index contributed by atoms with van der Waals surface area (Å²) < 4.78 is 5.36. The third kappa shape index (κ3) is 2.05. The molecule has 3 nitrogen and oxygen atoms in total. The monoisotopic (exact) mass is 261 g/mol. The highest BCUT2D eigenvalue weighted by Crippen LogP contribution is 2.49. The Morgan fingerprint density at radius 2 is 2.21 bits per heavy atom. The molecule has 0 amide bonds. The first-order valence-corrected chi connectivity index (χ1v) is 7.08. The lowest BCUT2D eigenvalue weighted by molar-refractivity contribution is 0.0671. The van der Waals surface area contributed by atoms with E-state index in [1.54, 1.807) is 7.11 Å². The Morgan fingerprint density at radius 1 is 1.42 bits per heavy atom. The van der Waals surface area contributed by atoms with E-state index in [2.05, 4.69) is 31.0 Å². The number of fused-ring (bicyclic) bond motifs is 4. The van der Waals surface area contributed by atoms with Crippen molar-refractivity contribution in [1.29, 1.82) is 0 Å². The topological polar surface area (TPSA) is 32.7 Å². The van der Waals surface area contributed by atoms with E-state index < -0.39 is 0 Å². The summed E-state index contributed by atoms with van der Waals surface area (Å²) in [5.74, 6) is 1.24. The van der Waals surface area contributed by atoms with Gasteiger partial charge in [-0.3, -0.25) is 0 Å². The van der Waals surface area contributed by atoms with Crippen LogP contribution in [-0.4, -0.2) is 37.3 Å². The van der Waals surface area contributed by atoms with Crippen LogP contribution in [0.15, 0.2) is 18.2 Å². The molecule has 3 unspecified atom stereocenters. The molecule has 0 aromatic heterocycles. The first-order valence-electron chi connectivity index (χ1n) is 7.08. The smallest absolute Gasteiger partial charge is 0.119 e. The van der Waals surface area contributed by atoms with E-state index in [9.17, 15) is 5.11 Å². The SMILES string of the molecule is COc1ccc2c(c1)C1(C)CCN(C)CC(C1)C2O. The number of nitrogens with zero attached hydrogens (tertiary/aromatic N) is 1. The van der Waals surface area contributed by atoms with Crippen LogP contribution in [0.25, 0.3) is 0 Å². The Balaban J connectivity index is 2.11. The molecule has 2 aliphatic rings. The van der Waals surface area contributed by atoms with Gasteiger partial charge in [-0.25, -0.2) is 0 Å². The van der Waals surface area contributed by atoms with E-state index >= 15 is 0 Å². The maximum Gasteiger partial charge on any atom is 0.119 e. The molecule has 3 heteroatoms. The summed E-state index contributed by atoms with van der Waals surface area (Å²) in [6, 6.07) is 6.14. The fourth-order valence-electron chi connectivity index (χ4n) is 3.83. The van der Waals surface area contributed by atoms with Crippen molar-refractivity contribution in [3.63, 3.8) is 0 Å². The van der Waals surface area contributed by atoms with Crippen LogP contribution < -0.4 is 4.74 Å². The average molecular weight is 261 g/mol. The second kappa shape index (κ2) is 4.50. The van der Waals surface area contributed by atoms with E-state index in [0.717, 1.165) is 37.2 Å². The predicted molar refractivity (Wildman–Crippen MR) is 75.5 cm³/mol. The molecule has 104 valence electrons. The zero-order chi connectivity index (χ0) is 13.6. The molecule has 0 spiro atoms. The normalized spacial score (nSPS) is 34.5. The van der Waals surface area contributed by atoms with Crippen molar-refractivity contribution < 1.29 is 9.84 Å². The molecule has 2 bridgehead atoms. The molecule has 1 fully saturated rings. The molecule has 19 heavy (non-hydrogen) atoms. The zero-order valence-corrected chi connectivity index (χ0v) is 12.0. The molecule has 0 saturated carbocycles. The third-order valence-electron chi connectivity index (χ3n) is 4.98. The summed E-state index contributed by atoms with van der Waals surface area (Å²) in [4.78, 5) is 2.35. The van der Waals surface area contributed by atoms with Crippen molar-refractivity contribution in [3.8, 4) is 5.75 Å². The highest BCUT2D eigenvalue weighted by Gasteiger charge is 2.43. The van der Waals surface area contributed by atoms with Crippen molar-refractivity contribution in [2.45, 2.75) is 31.3 Å². The maximum absolute atomic E-state index is 10.6. The molecule has 1 saturated heterocycles. The van der Waals surface area contributed by atoms with E-state index in [-0.39, 0.29) is 11.5 Å². The van der Waals surface area contributed by atoms with Gasteiger partial charge in [-0.15, -0.1) is 0 Å². The molecule has 1 aromatic carbocycles. The van der Waals surface area contributed by atoms with Gasteiger partial charge >= 0.3 is 0 Å². The van der Waals surface area contributed by atoms with Crippen molar-refractivity contribution in [3.05, 3.63) is 29.3 Å². The molecular weight excluding hydrogens is 238 g/mol. The minimum absolute atomic E-state index is 0.165. The lowest BCUT2D eigenvalue weighted by Gasteiger charge is -2.41. The van der Waals surface area contributed by atoms with E-state index in [1.807, 2.05) is 6.07 Å². The van der Waals surface area contributed by atoms with Gasteiger partial charge in [0.05, 0.1) is 13.2 Å². The number of aliphatic hydroxyl groups excluding tert-OH is 1. The Bertz CT molecular complexity index is 488. The Labute approximate surface area is 115 Å². The van der Waals surface area contributed by atoms with Gasteiger partial charge in [0, 0.05) is 12.5 Å². The van der Waals surface area contributed by atoms with Gasteiger partial charge in [-0.1, -0.05) is 13.0 Å². The fraction of sp³-hybridized carbons (Fsp3) is 0.625. The molecule has 1 N–H and O–H groups in total. The second-order valence-electron chi connectivity index (χ2n) is 6.44. The molecular formula is C16H23NO2. The standard InChI is InChI=1S/C16H23NO2/c1-16-6-7-17(2)10-11(9-16)15(18)13-5-4-12(19-3)8-14(13)16/h4-5,8,11,15,18H,6-7,9-10H2,1-3H3. The molecule has 1 heterocycles. The van der Waals surface area contributed by atoms with Gasteiger partial charge < -0.3 is 14.7 Å². The van der Waals surface area contributed by atoms with E-state index in [0.29, 0.717) is 5.92 Å². The van der Waals surface area contributed by atoms with Crippen LogP contribution in [0.1, 0.15) is 37.0 Å². The fourth-order valence-corrected chi connectivity index (χ4v) is 3.83. The summed E-state index contributed by atoms with van der Waals surface area (Å²) in [6.07, 6.45) is 1.88. The van der Waals surface area contributed by atoms with Gasteiger partial charge in [-0.05, 0) is 55.1 Å². The van der Waals surface area contributed by atoms with Crippen LogP contribution >= 0.6 is 0 Å². The summed E-state index contributed by atoms with van der Waals surface area (Å²) in [7, 11) is 3.86. The minimum Gasteiger partial charge on any atom is -0.497 e. The number of aliphatic hydroxyl groups is 1. The summed E-state index contributed by atoms with van der Waals surface area (Å²) >= 11 is 0. The third-order valence-corrected chi connectivity index (χ3v) is 4.98. The highest BCUT2D eigenvalue weighted by atomic mass is 16.5. The largest absolute Gasteiger partial charge is 0.497 e. The van der Waals surface area contributed by atoms with Crippen LogP contribution in [0, 0.1) is 5.92 Å². The minimum atomic E-state index is -0.338. The lowest BCUT2D eigenvalue weighted by Crippen LogP contribution is -2.35. The van der Waals surface area contributed by atoms with Crippen LogP contribution in [-0.2, 0) is 5.41 Å². The Morgan fingerprint density at radius 3 is 2.95 bits per heavy atom. The number of benzene rings is 1. The molecule has 1 aromatic rings. The number of likely N-dealkylation sites (tertiary alicyclic amines) is 1. The van der Waals surface area contributed by atoms with Crippen molar-refractivity contribution in [2.24, 2.45) is 5.92 Å². The van der Waals surface area contributed by atoms with Crippen LogP contribution in [0.5, 0.6) is 5.75 Å². The summed E-state index contributed by atoms with van der Waals surface area (Å²) in [5.41, 5.74) is 2.55. The van der Waals surface area contributed by atoms with Crippen LogP contribution in [0.3, 0.4) is 0 Å². The van der Waals surface area contributed by atoms with Crippen molar-refractivity contribution in [1.82, 2.24) is 4.90 Å². The first-order chi connectivity index (χ1) is 9.03. The maximum atomic E-state index is 10.6.